The molecular weight excluding hydrogens is 303 g/mol. The highest BCUT2D eigenvalue weighted by Gasteiger charge is 2.35. The molecule has 0 aliphatic carbocycles. The molecule has 2 rings (SSSR count). The van der Waals surface area contributed by atoms with Crippen molar-refractivity contribution in [2.24, 2.45) is 0 Å². The first-order chi connectivity index (χ1) is 9.87. The maximum atomic E-state index is 13.4. The van der Waals surface area contributed by atoms with Crippen molar-refractivity contribution in [3.63, 3.8) is 0 Å². The lowest BCUT2D eigenvalue weighted by Gasteiger charge is -2.30. The van der Waals surface area contributed by atoms with Crippen LogP contribution in [0.1, 0.15) is 0 Å². The normalized spacial score (nSPS) is 20.2. The number of carbonyl (C=O) groups is 1. The van der Waals surface area contributed by atoms with Crippen LogP contribution in [-0.2, 0) is 24.3 Å². The molecule has 1 saturated heterocycles. The minimum Gasteiger partial charge on any atom is -0.467 e. The Hall–Kier alpha value is -1.71. The predicted octanol–water partition coefficient (Wildman–Crippen LogP) is -0.0296. The zero-order valence-corrected chi connectivity index (χ0v) is 12.1. The van der Waals surface area contributed by atoms with Crippen LogP contribution >= 0.6 is 0 Å². The summed E-state index contributed by atoms with van der Waals surface area (Å²) >= 11 is 0. The Morgan fingerprint density at radius 3 is 2.90 bits per heavy atom. The topological polar surface area (TPSA) is 98.9 Å². The zero-order valence-electron chi connectivity index (χ0n) is 11.3. The molecule has 1 atom stereocenters. The molecule has 0 aromatic heterocycles. The monoisotopic (exact) mass is 318 g/mol. The van der Waals surface area contributed by atoms with Crippen LogP contribution in [0.2, 0.25) is 0 Å². The molecule has 0 spiro atoms. The highest BCUT2D eigenvalue weighted by molar-refractivity contribution is 7.89. The second kappa shape index (κ2) is 5.96. The number of sulfonamides is 1. The fourth-order valence-corrected chi connectivity index (χ4v) is 3.55. The molecule has 0 saturated carbocycles. The number of nitrogens with two attached hydrogens (primary N) is 1. The van der Waals surface area contributed by atoms with Crippen LogP contribution in [0, 0.1) is 5.82 Å². The minimum absolute atomic E-state index is 0.0359. The number of methoxy groups -OCH3 is 1. The van der Waals surface area contributed by atoms with Gasteiger partial charge in [-0.1, -0.05) is 6.07 Å². The molecule has 7 nitrogen and oxygen atoms in total. The van der Waals surface area contributed by atoms with Gasteiger partial charge in [0.2, 0.25) is 10.0 Å². The third kappa shape index (κ3) is 2.99. The van der Waals surface area contributed by atoms with Crippen LogP contribution in [0.3, 0.4) is 0 Å². The molecule has 1 aromatic carbocycles. The van der Waals surface area contributed by atoms with Crippen molar-refractivity contribution >= 4 is 21.7 Å². The standard InChI is InChI=1S/C12H15FN2O5S/c1-19-12(16)9-7-15(5-6-20-9)21(17,18)10-4-2-3-8(13)11(10)14/h2-4,9H,5-7,14H2,1H3. The number of halogens is 1. The highest BCUT2D eigenvalue weighted by atomic mass is 32.2. The van der Waals surface area contributed by atoms with E-state index in [9.17, 15) is 17.6 Å². The summed E-state index contributed by atoms with van der Waals surface area (Å²) in [5.41, 5.74) is 5.05. The summed E-state index contributed by atoms with van der Waals surface area (Å²) in [4.78, 5) is 11.1. The SMILES string of the molecule is COC(=O)C1CN(S(=O)(=O)c2cccc(F)c2N)CCO1. The average molecular weight is 318 g/mol. The van der Waals surface area contributed by atoms with E-state index in [-0.39, 0.29) is 24.6 Å². The van der Waals surface area contributed by atoms with Gasteiger partial charge in [0, 0.05) is 6.54 Å². The Morgan fingerprint density at radius 1 is 1.52 bits per heavy atom. The van der Waals surface area contributed by atoms with E-state index in [0.29, 0.717) is 0 Å². The molecule has 9 heteroatoms. The van der Waals surface area contributed by atoms with Crippen LogP contribution in [0.25, 0.3) is 0 Å². The van der Waals surface area contributed by atoms with Crippen LogP contribution < -0.4 is 5.73 Å². The maximum Gasteiger partial charge on any atom is 0.336 e. The minimum atomic E-state index is -4.01. The van der Waals surface area contributed by atoms with E-state index < -0.39 is 33.6 Å². The zero-order chi connectivity index (χ0) is 15.6. The number of benzene rings is 1. The number of morpholine rings is 1. The van der Waals surface area contributed by atoms with Crippen molar-refractivity contribution in [2.45, 2.75) is 11.0 Å². The van der Waals surface area contributed by atoms with E-state index in [2.05, 4.69) is 4.74 Å². The molecule has 1 aliphatic heterocycles. The molecule has 1 aromatic rings. The lowest BCUT2D eigenvalue weighted by atomic mass is 10.3. The van der Waals surface area contributed by atoms with Gasteiger partial charge in [-0.3, -0.25) is 0 Å². The van der Waals surface area contributed by atoms with Crippen molar-refractivity contribution in [3.05, 3.63) is 24.0 Å². The Kier molecular flexibility index (Phi) is 4.45. The fourth-order valence-electron chi connectivity index (χ4n) is 2.00. The highest BCUT2D eigenvalue weighted by Crippen LogP contribution is 2.26. The summed E-state index contributed by atoms with van der Waals surface area (Å²) in [5, 5.41) is 0. The van der Waals surface area contributed by atoms with Crippen molar-refractivity contribution in [2.75, 3.05) is 32.5 Å². The van der Waals surface area contributed by atoms with Crippen LogP contribution in [0.4, 0.5) is 10.1 Å². The van der Waals surface area contributed by atoms with E-state index in [4.69, 9.17) is 10.5 Å². The number of nitrogens with zero attached hydrogens (tertiary/aromatic N) is 1. The summed E-state index contributed by atoms with van der Waals surface area (Å²) in [5.74, 6) is -1.48. The first-order valence-electron chi connectivity index (χ1n) is 6.11. The molecule has 1 unspecified atom stereocenters. The van der Waals surface area contributed by atoms with Gasteiger partial charge in [-0.05, 0) is 12.1 Å². The third-order valence-electron chi connectivity index (χ3n) is 3.12. The number of ether oxygens (including phenoxy) is 2. The molecule has 1 heterocycles. The molecule has 0 amide bonds. The number of anilines is 1. The van der Waals surface area contributed by atoms with Gasteiger partial charge in [-0.25, -0.2) is 17.6 Å². The number of rotatable bonds is 3. The first-order valence-corrected chi connectivity index (χ1v) is 7.55. The number of esters is 1. The van der Waals surface area contributed by atoms with Gasteiger partial charge < -0.3 is 15.2 Å². The van der Waals surface area contributed by atoms with Crippen LogP contribution in [0.15, 0.2) is 23.1 Å². The van der Waals surface area contributed by atoms with Crippen molar-refractivity contribution in [1.29, 1.82) is 0 Å². The largest absolute Gasteiger partial charge is 0.467 e. The van der Waals surface area contributed by atoms with Gasteiger partial charge in [0.15, 0.2) is 6.10 Å². The predicted molar refractivity (Wildman–Crippen MR) is 71.3 cm³/mol. The maximum absolute atomic E-state index is 13.4. The van der Waals surface area contributed by atoms with Gasteiger partial charge in [-0.15, -0.1) is 0 Å². The third-order valence-corrected chi connectivity index (χ3v) is 5.05. The number of para-hydroxylation sites is 1. The fraction of sp³-hybridized carbons (Fsp3) is 0.417. The number of hydrogen-bond donors (Lipinski definition) is 1. The second-order valence-electron chi connectivity index (χ2n) is 4.40. The molecule has 1 aliphatic rings. The number of carbonyl (C=O) groups excluding carboxylic acids is 1. The summed E-state index contributed by atoms with van der Waals surface area (Å²) in [6, 6.07) is 3.55. The molecule has 116 valence electrons. The van der Waals surface area contributed by atoms with Gasteiger partial charge >= 0.3 is 5.97 Å². The van der Waals surface area contributed by atoms with Gasteiger partial charge in [0.25, 0.3) is 0 Å². The Balaban J connectivity index is 2.31. The molecule has 1 fully saturated rings. The first kappa shape index (κ1) is 15.7. The Labute approximate surface area is 121 Å². The van der Waals surface area contributed by atoms with E-state index in [1.807, 2.05) is 0 Å². The van der Waals surface area contributed by atoms with E-state index >= 15 is 0 Å². The number of hydrogen-bond acceptors (Lipinski definition) is 6. The Bertz CT molecular complexity index is 649. The summed E-state index contributed by atoms with van der Waals surface area (Å²) in [6.45, 7) is -0.120. The molecule has 0 bridgehead atoms. The Morgan fingerprint density at radius 2 is 2.24 bits per heavy atom. The molecule has 2 N–H and O–H groups in total. The van der Waals surface area contributed by atoms with Crippen molar-refractivity contribution in [3.8, 4) is 0 Å². The number of nitrogen functional groups attached to an aromatic ring is 1. The van der Waals surface area contributed by atoms with E-state index in [1.165, 1.54) is 19.2 Å². The molecule has 21 heavy (non-hydrogen) atoms. The lowest BCUT2D eigenvalue weighted by Crippen LogP contribution is -2.48. The van der Waals surface area contributed by atoms with Crippen LogP contribution in [-0.4, -0.2) is 51.6 Å². The molecular formula is C12H15FN2O5S. The van der Waals surface area contributed by atoms with Gasteiger partial charge in [0.05, 0.1) is 25.9 Å². The summed E-state index contributed by atoms with van der Waals surface area (Å²) in [6.07, 6.45) is -1.01. The lowest BCUT2D eigenvalue weighted by molar-refractivity contribution is -0.157. The van der Waals surface area contributed by atoms with E-state index in [1.54, 1.807) is 0 Å². The van der Waals surface area contributed by atoms with Gasteiger partial charge in [-0.2, -0.15) is 4.31 Å². The average Bonchev–Trinajstić information content (AvgIpc) is 2.49. The van der Waals surface area contributed by atoms with Crippen molar-refractivity contribution in [1.82, 2.24) is 4.31 Å². The molecule has 0 radical (unpaired) electrons. The smallest absolute Gasteiger partial charge is 0.336 e. The van der Waals surface area contributed by atoms with Crippen molar-refractivity contribution < 1.29 is 27.1 Å². The second-order valence-corrected chi connectivity index (χ2v) is 6.30. The van der Waals surface area contributed by atoms with Gasteiger partial charge in [0.1, 0.15) is 10.7 Å². The summed E-state index contributed by atoms with van der Waals surface area (Å²) < 4.78 is 49.1. The van der Waals surface area contributed by atoms with E-state index in [0.717, 1.165) is 10.4 Å². The quantitative estimate of drug-likeness (QED) is 0.621. The van der Waals surface area contributed by atoms with Crippen LogP contribution in [0.5, 0.6) is 0 Å². The summed E-state index contributed by atoms with van der Waals surface area (Å²) in [7, 11) is -2.83.